The van der Waals surface area contributed by atoms with Crippen LogP contribution in [0.3, 0.4) is 0 Å². The minimum atomic E-state index is -3.54. The molecule has 1 unspecified atom stereocenters. The molecule has 11 nitrogen and oxygen atoms in total. The molecule has 0 aromatic heterocycles. The van der Waals surface area contributed by atoms with Crippen LogP contribution in [0.1, 0.15) is 81.8 Å². The smallest absolute Gasteiger partial charge is 0.410 e. The van der Waals surface area contributed by atoms with Gasteiger partial charge in [0.05, 0.1) is 11.2 Å². The van der Waals surface area contributed by atoms with Crippen molar-refractivity contribution in [3.8, 4) is 11.5 Å². The summed E-state index contributed by atoms with van der Waals surface area (Å²) in [6, 6.07) is 3.95. The predicted molar refractivity (Wildman–Crippen MR) is 168 cm³/mol. The molecule has 4 aliphatic carbocycles. The van der Waals surface area contributed by atoms with Crippen LogP contribution in [0.2, 0.25) is 0 Å². The summed E-state index contributed by atoms with van der Waals surface area (Å²) in [5, 5.41) is -0.448. The summed E-state index contributed by atoms with van der Waals surface area (Å²) in [7, 11) is -3.54. The molecule has 8 rings (SSSR count). The standard InChI is InChI=1S/C35H42N2O9S/c38-29-16-35(32(39)19-47(42,43)26-8-9-26)15-23(35)5-3-1-2-4-10-37(24-6-7-24)33(40)28-14-25(13-27(28)29)46-34(41)36-17-21-11-30-31(45-20-44-30)12-22(21)18-36/h3,5,11-12,23-28H,1-2,4,6-10,13-20H2/b5-3-/t23-,25-,27-,28?,35-/m1/s1. The molecule has 12 heteroatoms. The van der Waals surface area contributed by atoms with Crippen LogP contribution in [0.15, 0.2) is 24.3 Å². The number of rotatable bonds is 6. The fourth-order valence-electron chi connectivity index (χ4n) is 8.25. The number of Topliss-reactive ketones (excluding diaryl/α,β-unsaturated/α-hetero) is 2. The summed E-state index contributed by atoms with van der Waals surface area (Å²) in [6.45, 7) is 1.53. The number of hydrogen-bond donors (Lipinski definition) is 0. The Kier molecular flexibility index (Phi) is 7.64. The molecule has 2 amide bonds. The van der Waals surface area contributed by atoms with E-state index in [1.54, 1.807) is 4.90 Å². The minimum Gasteiger partial charge on any atom is -0.454 e. The first-order chi connectivity index (χ1) is 22.6. The third-order valence-corrected chi connectivity index (χ3v) is 13.5. The van der Waals surface area contributed by atoms with Crippen molar-refractivity contribution in [1.82, 2.24) is 9.80 Å². The molecule has 3 heterocycles. The summed E-state index contributed by atoms with van der Waals surface area (Å²) >= 11 is 0. The maximum Gasteiger partial charge on any atom is 0.410 e. The van der Waals surface area contributed by atoms with Gasteiger partial charge in [-0.15, -0.1) is 0 Å². The molecule has 3 aliphatic heterocycles. The van der Waals surface area contributed by atoms with Crippen LogP contribution in [0.5, 0.6) is 11.5 Å². The maximum absolute atomic E-state index is 14.2. The number of sulfone groups is 1. The lowest BCUT2D eigenvalue weighted by Crippen LogP contribution is -2.42. The van der Waals surface area contributed by atoms with Crippen molar-refractivity contribution in [2.75, 3.05) is 19.1 Å². The average molecular weight is 667 g/mol. The van der Waals surface area contributed by atoms with E-state index in [2.05, 4.69) is 0 Å². The number of carbonyl (C=O) groups excluding carboxylic acids is 4. The number of nitrogens with zero attached hydrogens (tertiary/aromatic N) is 2. The van der Waals surface area contributed by atoms with Crippen LogP contribution in [-0.2, 0) is 42.0 Å². The summed E-state index contributed by atoms with van der Waals surface area (Å²) in [6.07, 6.45) is 9.33. The first-order valence-corrected chi connectivity index (χ1v) is 18.9. The molecule has 4 fully saturated rings. The number of carbonyl (C=O) groups is 4. The monoisotopic (exact) mass is 666 g/mol. The summed E-state index contributed by atoms with van der Waals surface area (Å²) in [4.78, 5) is 59.1. The molecule has 0 saturated heterocycles. The second-order valence-corrected chi connectivity index (χ2v) is 17.0. The van der Waals surface area contributed by atoms with Gasteiger partial charge in [0.1, 0.15) is 17.6 Å². The second kappa shape index (κ2) is 11.6. The van der Waals surface area contributed by atoms with E-state index in [-0.39, 0.29) is 55.5 Å². The quantitative estimate of drug-likeness (QED) is 0.411. The summed E-state index contributed by atoms with van der Waals surface area (Å²) < 4.78 is 42.6. The zero-order valence-corrected chi connectivity index (χ0v) is 27.4. The van der Waals surface area contributed by atoms with E-state index in [4.69, 9.17) is 14.2 Å². The molecule has 0 spiro atoms. The highest BCUT2D eigenvalue weighted by molar-refractivity contribution is 7.93. The molecule has 0 N–H and O–H groups in total. The minimum absolute atomic E-state index is 0.0656. The molecule has 4 saturated carbocycles. The average Bonchev–Trinajstić information content (AvgIpc) is 3.99. The van der Waals surface area contributed by atoms with Gasteiger partial charge in [0.15, 0.2) is 27.1 Å². The first kappa shape index (κ1) is 30.9. The van der Waals surface area contributed by atoms with Gasteiger partial charge < -0.3 is 19.1 Å². The van der Waals surface area contributed by atoms with Crippen LogP contribution in [0, 0.1) is 23.2 Å². The van der Waals surface area contributed by atoms with Crippen molar-refractivity contribution in [2.45, 2.75) is 101 Å². The van der Waals surface area contributed by atoms with E-state index in [1.807, 2.05) is 29.2 Å². The first-order valence-electron chi connectivity index (χ1n) is 17.2. The highest BCUT2D eigenvalue weighted by atomic mass is 32.2. The van der Waals surface area contributed by atoms with Crippen molar-refractivity contribution in [3.05, 3.63) is 35.4 Å². The number of fused-ring (bicyclic) bond motifs is 4. The molecular weight excluding hydrogens is 624 g/mol. The van der Waals surface area contributed by atoms with Gasteiger partial charge in [0.25, 0.3) is 0 Å². The van der Waals surface area contributed by atoms with Gasteiger partial charge in [-0.3, -0.25) is 19.3 Å². The highest BCUT2D eigenvalue weighted by Gasteiger charge is 2.61. The summed E-state index contributed by atoms with van der Waals surface area (Å²) in [5.41, 5.74) is 0.874. The Hall–Kier alpha value is -3.41. The van der Waals surface area contributed by atoms with Crippen LogP contribution >= 0.6 is 0 Å². The Morgan fingerprint density at radius 3 is 2.34 bits per heavy atom. The SMILES string of the molecule is O=C1C[C@]2(C(=O)CS(=O)(=O)C3CC3)C[C@H]2/C=C\CCCCN(C2CC2)C(=O)C2C[C@H](OC(=O)N3Cc4cc5c(cc4C3)OCO5)C[C@@H]12. The van der Waals surface area contributed by atoms with Gasteiger partial charge in [-0.25, -0.2) is 13.2 Å². The lowest BCUT2D eigenvalue weighted by Gasteiger charge is -2.29. The second-order valence-electron chi connectivity index (χ2n) is 14.7. The van der Waals surface area contributed by atoms with E-state index < -0.39 is 50.3 Å². The van der Waals surface area contributed by atoms with E-state index in [0.717, 1.165) is 43.2 Å². The lowest BCUT2D eigenvalue weighted by atomic mass is 9.82. The number of allylic oxidation sites excluding steroid dienone is 2. The number of hydrogen-bond acceptors (Lipinski definition) is 9. The number of ketones is 2. The largest absolute Gasteiger partial charge is 0.454 e. The maximum atomic E-state index is 14.2. The van der Waals surface area contributed by atoms with Crippen LogP contribution < -0.4 is 9.47 Å². The van der Waals surface area contributed by atoms with Crippen molar-refractivity contribution in [1.29, 1.82) is 0 Å². The number of ether oxygens (including phenoxy) is 3. The summed E-state index contributed by atoms with van der Waals surface area (Å²) in [5.74, 6) is -1.40. The molecule has 7 aliphatic rings. The van der Waals surface area contributed by atoms with E-state index in [9.17, 15) is 27.6 Å². The highest BCUT2D eigenvalue weighted by Crippen LogP contribution is 2.58. The topological polar surface area (TPSA) is 137 Å². The molecule has 252 valence electrons. The number of amides is 2. The van der Waals surface area contributed by atoms with Gasteiger partial charge in [-0.2, -0.15) is 0 Å². The van der Waals surface area contributed by atoms with Crippen molar-refractivity contribution in [3.63, 3.8) is 0 Å². The van der Waals surface area contributed by atoms with Gasteiger partial charge in [-0.05, 0) is 93.4 Å². The van der Waals surface area contributed by atoms with Crippen LogP contribution in [-0.4, -0.2) is 78.3 Å². The van der Waals surface area contributed by atoms with E-state index >= 15 is 0 Å². The van der Waals surface area contributed by atoms with Crippen molar-refractivity contribution >= 4 is 33.4 Å². The fourth-order valence-corrected chi connectivity index (χ4v) is 9.99. The Morgan fingerprint density at radius 1 is 0.957 bits per heavy atom. The normalized spacial score (nSPS) is 32.7. The number of benzene rings is 1. The molecule has 1 aromatic rings. The third-order valence-electron chi connectivity index (χ3n) is 11.4. The van der Waals surface area contributed by atoms with Crippen molar-refractivity contribution < 1.29 is 41.8 Å². The molecule has 47 heavy (non-hydrogen) atoms. The molecular formula is C35H42N2O9S. The molecule has 5 atom stereocenters. The van der Waals surface area contributed by atoms with E-state index in [1.165, 1.54) is 0 Å². The van der Waals surface area contributed by atoms with Gasteiger partial charge in [0, 0.05) is 43.4 Å². The fraction of sp³-hybridized carbons (Fsp3) is 0.657. The Labute approximate surface area is 274 Å². The van der Waals surface area contributed by atoms with Gasteiger partial charge in [0.2, 0.25) is 12.7 Å². The molecule has 0 bridgehead atoms. The molecule has 1 aromatic carbocycles. The Morgan fingerprint density at radius 2 is 1.66 bits per heavy atom. The van der Waals surface area contributed by atoms with E-state index in [0.29, 0.717) is 50.4 Å². The zero-order chi connectivity index (χ0) is 32.5. The van der Waals surface area contributed by atoms with Crippen LogP contribution in [0.25, 0.3) is 0 Å². The lowest BCUT2D eigenvalue weighted by molar-refractivity contribution is -0.141. The Bertz CT molecular complexity index is 1610. The molecule has 0 radical (unpaired) electrons. The van der Waals surface area contributed by atoms with Crippen molar-refractivity contribution in [2.24, 2.45) is 23.2 Å². The van der Waals surface area contributed by atoms with Gasteiger partial charge >= 0.3 is 6.09 Å². The zero-order valence-electron chi connectivity index (χ0n) is 26.6. The third kappa shape index (κ3) is 5.95. The predicted octanol–water partition coefficient (Wildman–Crippen LogP) is 4.11. The van der Waals surface area contributed by atoms with Gasteiger partial charge in [-0.1, -0.05) is 12.2 Å². The van der Waals surface area contributed by atoms with Crippen LogP contribution in [0.4, 0.5) is 4.79 Å². The Balaban J connectivity index is 1.01.